The number of rotatable bonds is 8. The Morgan fingerprint density at radius 2 is 1.61 bits per heavy atom. The molecule has 1 amide bonds. The van der Waals surface area contributed by atoms with Crippen LogP contribution in [0.25, 0.3) is 0 Å². The van der Waals surface area contributed by atoms with E-state index in [0.29, 0.717) is 18.8 Å². The summed E-state index contributed by atoms with van der Waals surface area (Å²) >= 11 is 0. The quantitative estimate of drug-likeness (QED) is 0.610. The summed E-state index contributed by atoms with van der Waals surface area (Å²) in [5, 5.41) is 11.7. The summed E-state index contributed by atoms with van der Waals surface area (Å²) in [7, 11) is 0. The van der Waals surface area contributed by atoms with Crippen molar-refractivity contribution in [1.82, 2.24) is 5.32 Å². The number of carbonyl (C=O) groups excluding carboxylic acids is 1. The van der Waals surface area contributed by atoms with Crippen LogP contribution in [0.15, 0.2) is 0 Å². The number of carboxylic acids is 1. The first-order chi connectivity index (χ1) is 8.23. The maximum atomic E-state index is 11.7. The summed E-state index contributed by atoms with van der Waals surface area (Å²) < 4.78 is 0. The largest absolute Gasteiger partial charge is 0.481 e. The smallest absolute Gasteiger partial charge is 0.308 e. The fourth-order valence-corrected chi connectivity index (χ4v) is 1.81. The fraction of sp³-hybridized carbons (Fsp3) is 0.846. The van der Waals surface area contributed by atoms with Gasteiger partial charge in [-0.15, -0.1) is 0 Å². The monoisotopic (exact) mass is 258 g/mol. The van der Waals surface area contributed by atoms with E-state index in [0.717, 1.165) is 0 Å². The summed E-state index contributed by atoms with van der Waals surface area (Å²) in [6, 6.07) is -0.557. The van der Waals surface area contributed by atoms with Crippen LogP contribution >= 0.6 is 0 Å². The van der Waals surface area contributed by atoms with Crippen molar-refractivity contribution in [3.8, 4) is 0 Å². The van der Waals surface area contributed by atoms with E-state index >= 15 is 0 Å². The van der Waals surface area contributed by atoms with Gasteiger partial charge < -0.3 is 16.2 Å². The van der Waals surface area contributed by atoms with Crippen LogP contribution in [0.2, 0.25) is 0 Å². The van der Waals surface area contributed by atoms with Crippen molar-refractivity contribution in [3.05, 3.63) is 0 Å². The number of amides is 1. The predicted octanol–water partition coefficient (Wildman–Crippen LogP) is 1.22. The molecule has 0 aliphatic rings. The number of carbonyl (C=O) groups is 2. The van der Waals surface area contributed by atoms with Crippen LogP contribution in [0.1, 0.15) is 40.5 Å². The highest BCUT2D eigenvalue weighted by Crippen LogP contribution is 2.11. The average Bonchev–Trinajstić information content (AvgIpc) is 2.21. The maximum Gasteiger partial charge on any atom is 0.308 e. The number of nitrogens with two attached hydrogens (primary N) is 1. The minimum Gasteiger partial charge on any atom is -0.481 e. The van der Waals surface area contributed by atoms with Gasteiger partial charge in [0.2, 0.25) is 5.91 Å². The van der Waals surface area contributed by atoms with Gasteiger partial charge in [0, 0.05) is 6.54 Å². The summed E-state index contributed by atoms with van der Waals surface area (Å²) in [4.78, 5) is 22.7. The Morgan fingerprint density at radius 3 is 2.00 bits per heavy atom. The highest BCUT2D eigenvalue weighted by atomic mass is 16.4. The van der Waals surface area contributed by atoms with Crippen LogP contribution in [-0.2, 0) is 9.59 Å². The molecule has 2 atom stereocenters. The van der Waals surface area contributed by atoms with Crippen LogP contribution < -0.4 is 11.1 Å². The third-order valence-electron chi connectivity index (χ3n) is 2.69. The highest BCUT2D eigenvalue weighted by molar-refractivity contribution is 5.82. The zero-order valence-corrected chi connectivity index (χ0v) is 11.8. The SMILES string of the molecule is CC(C)CC(CNC(=O)[C@@H](N)CC(C)C)C(=O)O. The van der Waals surface area contributed by atoms with E-state index in [2.05, 4.69) is 5.32 Å². The normalized spacial score (nSPS) is 14.6. The van der Waals surface area contributed by atoms with E-state index in [1.807, 2.05) is 27.7 Å². The molecule has 18 heavy (non-hydrogen) atoms. The zero-order valence-electron chi connectivity index (χ0n) is 11.8. The van der Waals surface area contributed by atoms with E-state index in [4.69, 9.17) is 10.8 Å². The Labute approximate surface area is 109 Å². The Hall–Kier alpha value is -1.10. The molecule has 0 bridgehead atoms. The predicted molar refractivity (Wildman–Crippen MR) is 71.0 cm³/mol. The van der Waals surface area contributed by atoms with Gasteiger partial charge in [-0.3, -0.25) is 9.59 Å². The van der Waals surface area contributed by atoms with Gasteiger partial charge in [0.25, 0.3) is 0 Å². The summed E-state index contributed by atoms with van der Waals surface area (Å²) in [5.41, 5.74) is 5.72. The number of nitrogens with one attached hydrogen (secondary N) is 1. The van der Waals surface area contributed by atoms with E-state index in [1.165, 1.54) is 0 Å². The van der Waals surface area contributed by atoms with Crippen molar-refractivity contribution in [2.24, 2.45) is 23.5 Å². The molecule has 5 nitrogen and oxygen atoms in total. The van der Waals surface area contributed by atoms with Gasteiger partial charge in [-0.05, 0) is 24.7 Å². The number of carboxylic acid groups (broad SMARTS) is 1. The standard InChI is InChI=1S/C13H26N2O3/c1-8(2)5-10(13(17)18)7-15-12(16)11(14)6-9(3)4/h8-11H,5-7,14H2,1-4H3,(H,15,16)(H,17,18)/t10?,11-/m0/s1. The van der Waals surface area contributed by atoms with Crippen LogP contribution in [0, 0.1) is 17.8 Å². The maximum absolute atomic E-state index is 11.7. The van der Waals surface area contributed by atoms with Gasteiger partial charge >= 0.3 is 5.97 Å². The molecular weight excluding hydrogens is 232 g/mol. The topological polar surface area (TPSA) is 92.4 Å². The van der Waals surface area contributed by atoms with Crippen molar-refractivity contribution in [2.45, 2.75) is 46.6 Å². The molecule has 0 rings (SSSR count). The van der Waals surface area contributed by atoms with Gasteiger partial charge in [0.1, 0.15) is 0 Å². The van der Waals surface area contributed by atoms with E-state index in [9.17, 15) is 9.59 Å². The van der Waals surface area contributed by atoms with Gasteiger partial charge in [0.05, 0.1) is 12.0 Å². The van der Waals surface area contributed by atoms with Crippen LogP contribution in [0.5, 0.6) is 0 Å². The van der Waals surface area contributed by atoms with Crippen molar-refractivity contribution < 1.29 is 14.7 Å². The van der Waals surface area contributed by atoms with Gasteiger partial charge in [0.15, 0.2) is 0 Å². The Bertz CT molecular complexity index is 277. The molecule has 0 aliphatic heterocycles. The third-order valence-corrected chi connectivity index (χ3v) is 2.69. The molecule has 0 aromatic carbocycles. The Kier molecular flexibility index (Phi) is 7.59. The molecule has 106 valence electrons. The summed E-state index contributed by atoms with van der Waals surface area (Å²) in [5.74, 6) is -1.05. The molecule has 0 aromatic heterocycles. The lowest BCUT2D eigenvalue weighted by atomic mass is 9.97. The minimum absolute atomic E-state index is 0.151. The summed E-state index contributed by atoms with van der Waals surface area (Å²) in [6.45, 7) is 8.06. The molecule has 0 saturated carbocycles. The highest BCUT2D eigenvalue weighted by Gasteiger charge is 2.21. The molecular formula is C13H26N2O3. The minimum atomic E-state index is -0.874. The first kappa shape index (κ1) is 16.9. The first-order valence-corrected chi connectivity index (χ1v) is 6.50. The molecule has 4 N–H and O–H groups in total. The summed E-state index contributed by atoms with van der Waals surface area (Å²) in [6.07, 6.45) is 1.16. The Morgan fingerprint density at radius 1 is 1.11 bits per heavy atom. The third kappa shape index (κ3) is 7.27. The zero-order chi connectivity index (χ0) is 14.3. The molecule has 5 heteroatoms. The molecule has 0 aliphatic carbocycles. The van der Waals surface area contributed by atoms with Crippen LogP contribution in [-0.4, -0.2) is 29.6 Å². The molecule has 0 aromatic rings. The van der Waals surface area contributed by atoms with Crippen molar-refractivity contribution >= 4 is 11.9 Å². The van der Waals surface area contributed by atoms with E-state index in [-0.39, 0.29) is 18.4 Å². The van der Waals surface area contributed by atoms with Gasteiger partial charge in [-0.25, -0.2) is 0 Å². The van der Waals surface area contributed by atoms with Crippen molar-refractivity contribution in [2.75, 3.05) is 6.54 Å². The number of hydrogen-bond acceptors (Lipinski definition) is 3. The fourth-order valence-electron chi connectivity index (χ4n) is 1.81. The van der Waals surface area contributed by atoms with Crippen LogP contribution in [0.4, 0.5) is 0 Å². The van der Waals surface area contributed by atoms with E-state index < -0.39 is 17.9 Å². The molecule has 0 fully saturated rings. The lowest BCUT2D eigenvalue weighted by Gasteiger charge is -2.18. The second-order valence-corrected chi connectivity index (χ2v) is 5.65. The van der Waals surface area contributed by atoms with Crippen molar-refractivity contribution in [3.63, 3.8) is 0 Å². The number of aliphatic carboxylic acids is 1. The van der Waals surface area contributed by atoms with E-state index in [1.54, 1.807) is 0 Å². The molecule has 0 radical (unpaired) electrons. The van der Waals surface area contributed by atoms with Gasteiger partial charge in [-0.1, -0.05) is 27.7 Å². The first-order valence-electron chi connectivity index (χ1n) is 6.50. The lowest BCUT2D eigenvalue weighted by Crippen LogP contribution is -2.44. The second-order valence-electron chi connectivity index (χ2n) is 5.65. The number of hydrogen-bond donors (Lipinski definition) is 3. The average molecular weight is 258 g/mol. The molecule has 1 unspecified atom stereocenters. The molecule has 0 saturated heterocycles. The van der Waals surface area contributed by atoms with Crippen molar-refractivity contribution in [1.29, 1.82) is 0 Å². The van der Waals surface area contributed by atoms with Crippen LogP contribution in [0.3, 0.4) is 0 Å². The second kappa shape index (κ2) is 8.08. The lowest BCUT2D eigenvalue weighted by molar-refractivity contribution is -0.142. The molecule has 0 heterocycles. The molecule has 0 spiro atoms. The van der Waals surface area contributed by atoms with Gasteiger partial charge in [-0.2, -0.15) is 0 Å². The Balaban J connectivity index is 4.18.